The van der Waals surface area contributed by atoms with E-state index in [0.717, 1.165) is 32.5 Å². The standard InChI is InChI=1S/C13H27N3O2/c1-16(2)8-10-18-9-7-14-11-13(17)15-12-5-3-4-6-12/h12,14H,3-11H2,1-2H3,(H,15,17). The molecule has 0 radical (unpaired) electrons. The predicted molar refractivity (Wildman–Crippen MR) is 72.6 cm³/mol. The normalized spacial score (nSPS) is 16.4. The second kappa shape index (κ2) is 9.30. The first-order chi connectivity index (χ1) is 8.68. The van der Waals surface area contributed by atoms with Gasteiger partial charge in [0.1, 0.15) is 0 Å². The molecule has 0 saturated heterocycles. The molecule has 1 aliphatic carbocycles. The van der Waals surface area contributed by atoms with E-state index in [1.165, 1.54) is 12.8 Å². The molecule has 2 N–H and O–H groups in total. The lowest BCUT2D eigenvalue weighted by Crippen LogP contribution is -2.40. The molecule has 1 fully saturated rings. The second-order valence-corrected chi connectivity index (χ2v) is 5.14. The maximum Gasteiger partial charge on any atom is 0.234 e. The highest BCUT2D eigenvalue weighted by Gasteiger charge is 2.16. The molecular formula is C13H27N3O2. The number of amides is 1. The third-order valence-corrected chi connectivity index (χ3v) is 3.11. The van der Waals surface area contributed by atoms with Crippen LogP contribution in [-0.4, -0.2) is 63.8 Å². The summed E-state index contributed by atoms with van der Waals surface area (Å²) in [5.41, 5.74) is 0. The zero-order valence-electron chi connectivity index (χ0n) is 11.7. The molecule has 0 aliphatic heterocycles. The first-order valence-electron chi connectivity index (χ1n) is 6.91. The molecule has 0 unspecified atom stereocenters. The van der Waals surface area contributed by atoms with E-state index in [2.05, 4.69) is 15.5 Å². The average Bonchev–Trinajstić information content (AvgIpc) is 2.80. The molecule has 18 heavy (non-hydrogen) atoms. The van der Waals surface area contributed by atoms with Crippen LogP contribution in [-0.2, 0) is 9.53 Å². The van der Waals surface area contributed by atoms with Crippen LogP contribution < -0.4 is 10.6 Å². The smallest absolute Gasteiger partial charge is 0.234 e. The molecule has 5 heteroatoms. The van der Waals surface area contributed by atoms with Crippen molar-refractivity contribution in [3.8, 4) is 0 Å². The molecular weight excluding hydrogens is 230 g/mol. The zero-order chi connectivity index (χ0) is 13.2. The quantitative estimate of drug-likeness (QED) is 0.580. The van der Waals surface area contributed by atoms with Crippen molar-refractivity contribution >= 4 is 5.91 Å². The minimum Gasteiger partial charge on any atom is -0.379 e. The molecule has 1 aliphatic rings. The fourth-order valence-corrected chi connectivity index (χ4v) is 2.04. The molecule has 0 aromatic heterocycles. The van der Waals surface area contributed by atoms with Crippen LogP contribution in [0.15, 0.2) is 0 Å². The van der Waals surface area contributed by atoms with E-state index in [-0.39, 0.29) is 5.91 Å². The van der Waals surface area contributed by atoms with Crippen molar-refractivity contribution in [1.29, 1.82) is 0 Å². The predicted octanol–water partition coefficient (Wildman–Crippen LogP) is 0.213. The number of nitrogens with zero attached hydrogens (tertiary/aromatic N) is 1. The lowest BCUT2D eigenvalue weighted by Gasteiger charge is -2.12. The van der Waals surface area contributed by atoms with E-state index in [0.29, 0.717) is 19.2 Å². The fraction of sp³-hybridized carbons (Fsp3) is 0.923. The molecule has 106 valence electrons. The number of nitrogens with one attached hydrogen (secondary N) is 2. The Kier molecular flexibility index (Phi) is 7.96. The maximum absolute atomic E-state index is 11.6. The van der Waals surface area contributed by atoms with Gasteiger partial charge in [0.25, 0.3) is 0 Å². The first-order valence-corrected chi connectivity index (χ1v) is 6.91. The summed E-state index contributed by atoms with van der Waals surface area (Å²) in [6.45, 7) is 3.45. The van der Waals surface area contributed by atoms with Gasteiger partial charge in [-0.2, -0.15) is 0 Å². The van der Waals surface area contributed by atoms with Crippen molar-refractivity contribution in [2.45, 2.75) is 31.7 Å². The molecule has 1 amide bonds. The van der Waals surface area contributed by atoms with Crippen LogP contribution in [0.4, 0.5) is 0 Å². The topological polar surface area (TPSA) is 53.6 Å². The molecule has 0 aromatic carbocycles. The SMILES string of the molecule is CN(C)CCOCCNCC(=O)NC1CCCC1. The van der Waals surface area contributed by atoms with E-state index in [9.17, 15) is 4.79 Å². The van der Waals surface area contributed by atoms with E-state index in [4.69, 9.17) is 4.74 Å². The van der Waals surface area contributed by atoms with Crippen LogP contribution in [0.5, 0.6) is 0 Å². The highest BCUT2D eigenvalue weighted by atomic mass is 16.5. The molecule has 0 bridgehead atoms. The van der Waals surface area contributed by atoms with Crippen LogP contribution in [0.2, 0.25) is 0 Å². The number of ether oxygens (including phenoxy) is 1. The van der Waals surface area contributed by atoms with Crippen molar-refractivity contribution in [2.75, 3.05) is 46.9 Å². The van der Waals surface area contributed by atoms with Crippen molar-refractivity contribution < 1.29 is 9.53 Å². The largest absolute Gasteiger partial charge is 0.379 e. The summed E-state index contributed by atoms with van der Waals surface area (Å²) < 4.78 is 5.42. The van der Waals surface area contributed by atoms with E-state index in [1.54, 1.807) is 0 Å². The van der Waals surface area contributed by atoms with Gasteiger partial charge in [-0.3, -0.25) is 4.79 Å². The summed E-state index contributed by atoms with van der Waals surface area (Å²) in [6.07, 6.45) is 4.77. The van der Waals surface area contributed by atoms with Crippen molar-refractivity contribution in [3.63, 3.8) is 0 Å². The van der Waals surface area contributed by atoms with Gasteiger partial charge in [-0.05, 0) is 26.9 Å². The summed E-state index contributed by atoms with van der Waals surface area (Å²) in [5.74, 6) is 0.107. The van der Waals surface area contributed by atoms with Crippen molar-refractivity contribution in [2.24, 2.45) is 0 Å². The van der Waals surface area contributed by atoms with Gasteiger partial charge in [0.15, 0.2) is 0 Å². The van der Waals surface area contributed by atoms with Gasteiger partial charge in [-0.25, -0.2) is 0 Å². The number of carbonyl (C=O) groups excluding carboxylic acids is 1. The highest BCUT2D eigenvalue weighted by molar-refractivity contribution is 5.78. The van der Waals surface area contributed by atoms with Crippen LogP contribution >= 0.6 is 0 Å². The van der Waals surface area contributed by atoms with Gasteiger partial charge in [0.2, 0.25) is 5.91 Å². The third-order valence-electron chi connectivity index (χ3n) is 3.11. The van der Waals surface area contributed by atoms with E-state index < -0.39 is 0 Å². The number of carbonyl (C=O) groups is 1. The van der Waals surface area contributed by atoms with Gasteiger partial charge in [-0.15, -0.1) is 0 Å². The summed E-state index contributed by atoms with van der Waals surface area (Å²) in [4.78, 5) is 13.6. The summed E-state index contributed by atoms with van der Waals surface area (Å²) in [6, 6.07) is 0.413. The summed E-state index contributed by atoms with van der Waals surface area (Å²) in [5, 5.41) is 6.14. The fourth-order valence-electron chi connectivity index (χ4n) is 2.04. The Morgan fingerprint density at radius 1 is 1.28 bits per heavy atom. The van der Waals surface area contributed by atoms with Crippen LogP contribution in [0.1, 0.15) is 25.7 Å². The Balaban J connectivity index is 1.86. The molecule has 0 atom stereocenters. The Morgan fingerprint density at radius 3 is 2.67 bits per heavy atom. The minimum absolute atomic E-state index is 0.107. The van der Waals surface area contributed by atoms with Crippen LogP contribution in [0, 0.1) is 0 Å². The van der Waals surface area contributed by atoms with E-state index in [1.807, 2.05) is 14.1 Å². The van der Waals surface area contributed by atoms with Crippen molar-refractivity contribution in [1.82, 2.24) is 15.5 Å². The lowest BCUT2D eigenvalue weighted by molar-refractivity contribution is -0.120. The zero-order valence-corrected chi connectivity index (χ0v) is 11.7. The Labute approximate surface area is 110 Å². The molecule has 0 heterocycles. The molecule has 0 aromatic rings. The number of likely N-dealkylation sites (N-methyl/N-ethyl adjacent to an activating group) is 1. The number of hydrogen-bond acceptors (Lipinski definition) is 4. The maximum atomic E-state index is 11.6. The Morgan fingerprint density at radius 2 is 2.00 bits per heavy atom. The summed E-state index contributed by atoms with van der Waals surface area (Å²) >= 11 is 0. The summed E-state index contributed by atoms with van der Waals surface area (Å²) in [7, 11) is 4.05. The highest BCUT2D eigenvalue weighted by Crippen LogP contribution is 2.17. The molecule has 0 spiro atoms. The first kappa shape index (κ1) is 15.4. The van der Waals surface area contributed by atoms with E-state index >= 15 is 0 Å². The molecule has 1 saturated carbocycles. The number of hydrogen-bond donors (Lipinski definition) is 2. The van der Waals surface area contributed by atoms with Gasteiger partial charge in [0, 0.05) is 19.1 Å². The van der Waals surface area contributed by atoms with Gasteiger partial charge in [-0.1, -0.05) is 12.8 Å². The number of rotatable bonds is 9. The van der Waals surface area contributed by atoms with Crippen LogP contribution in [0.3, 0.4) is 0 Å². The Hall–Kier alpha value is -0.650. The lowest BCUT2D eigenvalue weighted by atomic mass is 10.2. The van der Waals surface area contributed by atoms with Crippen LogP contribution in [0.25, 0.3) is 0 Å². The van der Waals surface area contributed by atoms with Gasteiger partial charge < -0.3 is 20.3 Å². The minimum atomic E-state index is 0.107. The Bertz CT molecular complexity index is 228. The monoisotopic (exact) mass is 257 g/mol. The molecule has 1 rings (SSSR count). The van der Waals surface area contributed by atoms with Crippen molar-refractivity contribution in [3.05, 3.63) is 0 Å². The molecule has 5 nitrogen and oxygen atoms in total. The van der Waals surface area contributed by atoms with Gasteiger partial charge in [0.05, 0.1) is 19.8 Å². The van der Waals surface area contributed by atoms with Gasteiger partial charge >= 0.3 is 0 Å². The second-order valence-electron chi connectivity index (χ2n) is 5.14. The third kappa shape index (κ3) is 7.63. The average molecular weight is 257 g/mol.